The van der Waals surface area contributed by atoms with E-state index in [0.717, 1.165) is 17.4 Å². The van der Waals surface area contributed by atoms with E-state index in [1.165, 1.54) is 19.3 Å². The largest absolute Gasteiger partial charge is 1.00 e. The standard InChI is InChI=1S/C12H18N2O2Se.Li/c1-2-16-12(15)10-11(17-8-13-10)14-9-6-4-3-5-7-9;/h8-9H,2-7H2,1H3,(H,14,15);/q;+1/p-1. The maximum atomic E-state index is 11.7. The van der Waals surface area contributed by atoms with Gasteiger partial charge in [-0.25, -0.2) is 0 Å². The van der Waals surface area contributed by atoms with E-state index in [2.05, 4.69) is 4.98 Å². The average Bonchev–Trinajstić information content (AvgIpc) is 2.79. The Kier molecular flexibility index (Phi) is 7.10. The van der Waals surface area contributed by atoms with Gasteiger partial charge in [0.1, 0.15) is 0 Å². The minimum Gasteiger partial charge on any atom is 1.00 e. The van der Waals surface area contributed by atoms with Crippen LogP contribution in [0.2, 0.25) is 0 Å². The van der Waals surface area contributed by atoms with Crippen molar-refractivity contribution in [3.8, 4) is 0 Å². The third-order valence-corrected chi connectivity index (χ3v) is 4.43. The quantitative estimate of drug-likeness (QED) is 0.565. The molecule has 0 spiro atoms. The van der Waals surface area contributed by atoms with Crippen molar-refractivity contribution in [3.63, 3.8) is 0 Å². The molecular formula is C12H17LiN2O2Se. The molecule has 1 aromatic heterocycles. The maximum Gasteiger partial charge on any atom is 1.00 e. The third kappa shape index (κ3) is 4.17. The van der Waals surface area contributed by atoms with Crippen LogP contribution in [0, 0.1) is 0 Å². The van der Waals surface area contributed by atoms with Crippen molar-refractivity contribution in [1.82, 2.24) is 4.98 Å². The van der Waals surface area contributed by atoms with Crippen LogP contribution in [0.5, 0.6) is 0 Å². The van der Waals surface area contributed by atoms with Crippen LogP contribution in [0.25, 0.3) is 5.32 Å². The van der Waals surface area contributed by atoms with E-state index in [9.17, 15) is 4.79 Å². The predicted octanol–water partition coefficient (Wildman–Crippen LogP) is -0.343. The van der Waals surface area contributed by atoms with Crippen molar-refractivity contribution in [2.24, 2.45) is 0 Å². The van der Waals surface area contributed by atoms with Crippen LogP contribution >= 0.6 is 0 Å². The Labute approximate surface area is 126 Å². The number of ether oxygens (including phenoxy) is 1. The van der Waals surface area contributed by atoms with Gasteiger partial charge in [0.05, 0.1) is 0 Å². The Hall–Kier alpha value is -0.203. The number of carbonyl (C=O) groups is 1. The SMILES string of the molecule is CCOC(=O)c1nc[se]c1[N-]C1CCCCC1.[Li+]. The number of hydrogen-bond donors (Lipinski definition) is 0. The minimum atomic E-state index is -0.322. The molecular weight excluding hydrogens is 290 g/mol. The van der Waals surface area contributed by atoms with Crippen molar-refractivity contribution in [2.75, 3.05) is 6.61 Å². The maximum absolute atomic E-state index is 11.7. The molecule has 0 N–H and O–H groups in total. The molecule has 1 saturated carbocycles. The molecule has 0 amide bonds. The fourth-order valence-corrected chi connectivity index (χ4v) is 3.55. The first kappa shape index (κ1) is 15.9. The van der Waals surface area contributed by atoms with Gasteiger partial charge < -0.3 is 0 Å². The van der Waals surface area contributed by atoms with E-state index < -0.39 is 0 Å². The molecule has 6 heteroatoms. The van der Waals surface area contributed by atoms with E-state index in [1.807, 2.05) is 0 Å². The van der Waals surface area contributed by atoms with Gasteiger partial charge in [-0.15, -0.1) is 0 Å². The summed E-state index contributed by atoms with van der Waals surface area (Å²) in [6, 6.07) is 0.395. The molecule has 1 aliphatic carbocycles. The number of rotatable bonds is 4. The van der Waals surface area contributed by atoms with Gasteiger partial charge in [0.15, 0.2) is 0 Å². The van der Waals surface area contributed by atoms with Crippen molar-refractivity contribution in [1.29, 1.82) is 0 Å². The zero-order valence-electron chi connectivity index (χ0n) is 11.0. The number of esters is 1. The first-order valence-electron chi connectivity index (χ1n) is 6.12. The number of carbonyl (C=O) groups excluding carboxylic acids is 1. The van der Waals surface area contributed by atoms with Gasteiger partial charge in [0.2, 0.25) is 0 Å². The van der Waals surface area contributed by atoms with Crippen LogP contribution in [-0.2, 0) is 4.74 Å². The number of aromatic nitrogens is 1. The molecule has 0 bridgehead atoms. The Morgan fingerprint density at radius 3 is 2.89 bits per heavy atom. The summed E-state index contributed by atoms with van der Waals surface area (Å²) < 4.78 is 5.86. The van der Waals surface area contributed by atoms with Gasteiger partial charge in [0, 0.05) is 0 Å². The smallest absolute Gasteiger partial charge is 1.00 e. The predicted molar refractivity (Wildman–Crippen MR) is 67.0 cm³/mol. The third-order valence-electron chi connectivity index (χ3n) is 2.89. The normalized spacial score (nSPS) is 15.8. The molecule has 0 radical (unpaired) electrons. The van der Waals surface area contributed by atoms with Crippen LogP contribution in [-0.4, -0.2) is 38.1 Å². The summed E-state index contributed by atoms with van der Waals surface area (Å²) in [5.41, 5.74) is 0.442. The topological polar surface area (TPSA) is 53.3 Å². The van der Waals surface area contributed by atoms with E-state index in [1.54, 1.807) is 12.0 Å². The molecule has 2 rings (SSSR count). The van der Waals surface area contributed by atoms with E-state index >= 15 is 0 Å². The molecule has 1 heterocycles. The number of nitrogens with zero attached hydrogens (tertiary/aromatic N) is 2. The second kappa shape index (κ2) is 8.07. The summed E-state index contributed by atoms with van der Waals surface area (Å²) in [6.07, 6.45) is 6.12. The molecule has 1 aromatic rings. The molecule has 0 aromatic carbocycles. The first-order chi connectivity index (χ1) is 8.31. The molecule has 0 aliphatic heterocycles. The molecule has 0 saturated heterocycles. The van der Waals surface area contributed by atoms with Gasteiger partial charge in [-0.2, -0.15) is 0 Å². The van der Waals surface area contributed by atoms with Crippen molar-refractivity contribution in [3.05, 3.63) is 16.1 Å². The summed E-state index contributed by atoms with van der Waals surface area (Å²) in [5, 5.41) is 6.51. The van der Waals surface area contributed by atoms with Gasteiger partial charge in [-0.3, -0.25) is 0 Å². The fraction of sp³-hybridized carbons (Fsp3) is 0.667. The van der Waals surface area contributed by atoms with Gasteiger partial charge >= 0.3 is 126 Å². The second-order valence-electron chi connectivity index (χ2n) is 4.15. The van der Waals surface area contributed by atoms with Crippen molar-refractivity contribution in [2.45, 2.75) is 45.1 Å². The summed E-state index contributed by atoms with van der Waals surface area (Å²) in [4.78, 5) is 15.8. The van der Waals surface area contributed by atoms with Gasteiger partial charge in [-0.05, 0) is 0 Å². The Bertz CT molecular complexity index is 378. The van der Waals surface area contributed by atoms with Crippen LogP contribution in [0.15, 0.2) is 5.07 Å². The summed E-state index contributed by atoms with van der Waals surface area (Å²) >= 11 is 0.111. The average molecular weight is 307 g/mol. The van der Waals surface area contributed by atoms with E-state index in [-0.39, 0.29) is 39.3 Å². The Morgan fingerprint density at radius 2 is 2.22 bits per heavy atom. The Balaban J connectivity index is 0.00000162. The summed E-state index contributed by atoms with van der Waals surface area (Å²) in [7, 11) is 0. The monoisotopic (exact) mass is 308 g/mol. The van der Waals surface area contributed by atoms with E-state index in [4.69, 9.17) is 10.1 Å². The zero-order chi connectivity index (χ0) is 12.1. The molecule has 0 unspecified atom stereocenters. The molecule has 4 nitrogen and oxygen atoms in total. The molecule has 94 valence electrons. The molecule has 18 heavy (non-hydrogen) atoms. The van der Waals surface area contributed by atoms with Gasteiger partial charge in [-0.1, -0.05) is 0 Å². The second-order valence-corrected chi connectivity index (χ2v) is 5.90. The summed E-state index contributed by atoms with van der Waals surface area (Å²) in [5.74, 6) is -0.322. The molecule has 1 fully saturated rings. The minimum absolute atomic E-state index is 0. The zero-order valence-corrected chi connectivity index (χ0v) is 12.7. The molecule has 1 aliphatic rings. The first-order valence-corrected chi connectivity index (χ1v) is 7.97. The summed E-state index contributed by atoms with van der Waals surface area (Å²) in [6.45, 7) is 2.20. The van der Waals surface area contributed by atoms with Gasteiger partial charge in [0.25, 0.3) is 0 Å². The Morgan fingerprint density at radius 1 is 1.50 bits per heavy atom. The molecule has 0 atom stereocenters. The number of hydrogen-bond acceptors (Lipinski definition) is 3. The van der Waals surface area contributed by atoms with Crippen molar-refractivity contribution >= 4 is 25.0 Å². The van der Waals surface area contributed by atoms with Crippen LogP contribution in [0.1, 0.15) is 49.5 Å². The fourth-order valence-electron chi connectivity index (χ4n) is 2.05. The van der Waals surface area contributed by atoms with Crippen LogP contribution in [0.4, 0.5) is 4.56 Å². The van der Waals surface area contributed by atoms with Crippen molar-refractivity contribution < 1.29 is 28.4 Å². The van der Waals surface area contributed by atoms with Crippen LogP contribution in [0.3, 0.4) is 0 Å². The van der Waals surface area contributed by atoms with E-state index in [0.29, 0.717) is 18.3 Å². The van der Waals surface area contributed by atoms with Crippen LogP contribution < -0.4 is 18.9 Å².